The zero-order valence-corrected chi connectivity index (χ0v) is 14.3. The Kier molecular flexibility index (Phi) is 3.80. The molecule has 6 nitrogen and oxygen atoms in total. The van der Waals surface area contributed by atoms with E-state index >= 15 is 0 Å². The van der Waals surface area contributed by atoms with Crippen LogP contribution in [0, 0.1) is 0 Å². The lowest BCUT2D eigenvalue weighted by Crippen LogP contribution is -2.15. The second-order valence-corrected chi connectivity index (χ2v) is 6.34. The number of aromatic nitrogens is 2. The molecule has 0 bridgehead atoms. The first-order chi connectivity index (χ1) is 12.5. The molecule has 0 atom stereocenters. The Labute approximate surface area is 150 Å². The minimum absolute atomic E-state index is 0.129. The summed E-state index contributed by atoms with van der Waals surface area (Å²) >= 11 is 0. The Morgan fingerprint density at radius 2 is 1.88 bits per heavy atom. The van der Waals surface area contributed by atoms with Crippen LogP contribution in [0.1, 0.15) is 28.5 Å². The maximum atomic E-state index is 11.9. The van der Waals surface area contributed by atoms with E-state index in [0.29, 0.717) is 17.8 Å². The average Bonchev–Trinajstić information content (AvgIpc) is 3.02. The molecule has 4 rings (SSSR count). The fraction of sp³-hybridized carbons (Fsp3) is 0.150. The quantitative estimate of drug-likeness (QED) is 0.764. The summed E-state index contributed by atoms with van der Waals surface area (Å²) in [5, 5.41) is 7.32. The Morgan fingerprint density at radius 3 is 2.58 bits per heavy atom. The van der Waals surface area contributed by atoms with Gasteiger partial charge in [-0.05, 0) is 42.7 Å². The van der Waals surface area contributed by atoms with Crippen LogP contribution >= 0.6 is 0 Å². The first-order valence-electron chi connectivity index (χ1n) is 8.42. The molecule has 1 aromatic heterocycles. The van der Waals surface area contributed by atoms with Gasteiger partial charge in [0.05, 0.1) is 11.4 Å². The molecule has 2 aromatic carbocycles. The Morgan fingerprint density at radius 1 is 1.12 bits per heavy atom. The summed E-state index contributed by atoms with van der Waals surface area (Å²) < 4.78 is 1.77. The van der Waals surface area contributed by atoms with Crippen LogP contribution in [0.3, 0.4) is 0 Å². The van der Waals surface area contributed by atoms with Crippen LogP contribution in [0.15, 0.2) is 48.5 Å². The SMILES string of the molecule is CC(=O)Nc1ccc2c(c1)-c1c(c(C(N)=O)nn1-c1ccccc1)CC2. The lowest BCUT2D eigenvalue weighted by Gasteiger charge is -2.20. The van der Waals surface area contributed by atoms with Crippen molar-refractivity contribution in [1.82, 2.24) is 9.78 Å². The number of fused-ring (bicyclic) bond motifs is 3. The van der Waals surface area contributed by atoms with E-state index in [4.69, 9.17) is 5.73 Å². The van der Waals surface area contributed by atoms with Gasteiger partial charge in [0.15, 0.2) is 5.69 Å². The van der Waals surface area contributed by atoms with Gasteiger partial charge in [-0.2, -0.15) is 5.10 Å². The molecular weight excluding hydrogens is 328 g/mol. The van der Waals surface area contributed by atoms with Crippen molar-refractivity contribution in [2.45, 2.75) is 19.8 Å². The van der Waals surface area contributed by atoms with Gasteiger partial charge in [0.1, 0.15) is 0 Å². The number of anilines is 1. The number of hydrogen-bond donors (Lipinski definition) is 2. The molecule has 0 saturated heterocycles. The largest absolute Gasteiger partial charge is 0.364 e. The number of primary amides is 1. The lowest BCUT2D eigenvalue weighted by atomic mass is 9.88. The number of amides is 2. The van der Waals surface area contributed by atoms with Crippen LogP contribution < -0.4 is 11.1 Å². The van der Waals surface area contributed by atoms with Crippen molar-refractivity contribution in [3.63, 3.8) is 0 Å². The van der Waals surface area contributed by atoms with E-state index in [1.54, 1.807) is 4.68 Å². The molecule has 1 aliphatic carbocycles. The Balaban J connectivity index is 1.97. The van der Waals surface area contributed by atoms with Gasteiger partial charge < -0.3 is 11.1 Å². The molecule has 0 spiro atoms. The third-order valence-electron chi connectivity index (χ3n) is 4.55. The van der Waals surface area contributed by atoms with Crippen LogP contribution in [-0.2, 0) is 17.6 Å². The van der Waals surface area contributed by atoms with Gasteiger partial charge >= 0.3 is 0 Å². The van der Waals surface area contributed by atoms with Gasteiger partial charge in [-0.25, -0.2) is 4.68 Å². The number of benzene rings is 2. The number of aryl methyl sites for hydroxylation is 1. The standard InChI is InChI=1S/C20H18N4O2/c1-12(25)22-14-9-7-13-8-10-16-18(20(21)26)23-24(19(16)17(13)11-14)15-5-3-2-4-6-15/h2-7,9,11H,8,10H2,1H3,(H2,21,26)(H,22,25). The normalized spacial score (nSPS) is 12.2. The third-order valence-corrected chi connectivity index (χ3v) is 4.55. The van der Waals surface area contributed by atoms with Gasteiger partial charge in [-0.15, -0.1) is 0 Å². The number of nitrogens with one attached hydrogen (secondary N) is 1. The maximum Gasteiger partial charge on any atom is 0.269 e. The summed E-state index contributed by atoms with van der Waals surface area (Å²) in [7, 11) is 0. The van der Waals surface area contributed by atoms with Crippen LogP contribution in [0.5, 0.6) is 0 Å². The second kappa shape index (κ2) is 6.15. The van der Waals surface area contributed by atoms with Crippen LogP contribution in [-0.4, -0.2) is 21.6 Å². The number of hydrogen-bond acceptors (Lipinski definition) is 3. The van der Waals surface area contributed by atoms with Crippen molar-refractivity contribution in [2.75, 3.05) is 5.32 Å². The van der Waals surface area contributed by atoms with Crippen molar-refractivity contribution in [1.29, 1.82) is 0 Å². The van der Waals surface area contributed by atoms with E-state index in [2.05, 4.69) is 10.4 Å². The molecule has 0 fully saturated rings. The fourth-order valence-corrected chi connectivity index (χ4v) is 3.47. The molecule has 6 heteroatoms. The topological polar surface area (TPSA) is 90.0 Å². The third kappa shape index (κ3) is 2.65. The molecule has 130 valence electrons. The summed E-state index contributed by atoms with van der Waals surface area (Å²) in [5.41, 5.74) is 11.3. The summed E-state index contributed by atoms with van der Waals surface area (Å²) in [6.07, 6.45) is 1.50. The summed E-state index contributed by atoms with van der Waals surface area (Å²) in [5.74, 6) is -0.659. The molecule has 1 heterocycles. The van der Waals surface area contributed by atoms with E-state index in [1.807, 2.05) is 48.5 Å². The zero-order chi connectivity index (χ0) is 18.3. The van der Waals surface area contributed by atoms with Crippen molar-refractivity contribution in [3.05, 3.63) is 65.4 Å². The fourth-order valence-electron chi connectivity index (χ4n) is 3.47. The summed E-state index contributed by atoms with van der Waals surface area (Å²) in [6, 6.07) is 15.5. The molecule has 3 N–H and O–H groups in total. The lowest BCUT2D eigenvalue weighted by molar-refractivity contribution is -0.114. The van der Waals surface area contributed by atoms with Crippen LogP contribution in [0.25, 0.3) is 16.9 Å². The number of nitrogens with two attached hydrogens (primary N) is 1. The molecule has 26 heavy (non-hydrogen) atoms. The van der Waals surface area contributed by atoms with Crippen molar-refractivity contribution >= 4 is 17.5 Å². The minimum atomic E-state index is -0.530. The Bertz CT molecular complexity index is 1020. The predicted octanol–water partition coefficient (Wildman–Crippen LogP) is 2.70. The highest BCUT2D eigenvalue weighted by molar-refractivity contribution is 5.96. The van der Waals surface area contributed by atoms with E-state index in [-0.39, 0.29) is 5.91 Å². The molecule has 0 unspecified atom stereocenters. The van der Waals surface area contributed by atoms with E-state index < -0.39 is 5.91 Å². The van der Waals surface area contributed by atoms with Crippen molar-refractivity contribution < 1.29 is 9.59 Å². The van der Waals surface area contributed by atoms with E-state index in [1.165, 1.54) is 6.92 Å². The van der Waals surface area contributed by atoms with Crippen molar-refractivity contribution in [2.24, 2.45) is 5.73 Å². The van der Waals surface area contributed by atoms with Gasteiger partial charge in [-0.1, -0.05) is 24.3 Å². The number of carbonyl (C=O) groups excluding carboxylic acids is 2. The van der Waals surface area contributed by atoms with Crippen LogP contribution in [0.4, 0.5) is 5.69 Å². The number of rotatable bonds is 3. The van der Waals surface area contributed by atoms with E-state index in [9.17, 15) is 9.59 Å². The van der Waals surface area contributed by atoms with Gasteiger partial charge in [-0.3, -0.25) is 9.59 Å². The number of carbonyl (C=O) groups is 2. The molecule has 3 aromatic rings. The molecule has 0 aliphatic heterocycles. The summed E-state index contributed by atoms with van der Waals surface area (Å²) in [4.78, 5) is 23.4. The second-order valence-electron chi connectivity index (χ2n) is 6.34. The highest BCUT2D eigenvalue weighted by atomic mass is 16.1. The number of para-hydroxylation sites is 1. The molecule has 2 amide bonds. The molecule has 0 radical (unpaired) electrons. The zero-order valence-electron chi connectivity index (χ0n) is 14.3. The van der Waals surface area contributed by atoms with Crippen LogP contribution in [0.2, 0.25) is 0 Å². The number of nitrogens with zero attached hydrogens (tertiary/aromatic N) is 2. The average molecular weight is 346 g/mol. The molecule has 0 saturated carbocycles. The van der Waals surface area contributed by atoms with Gasteiger partial charge in [0, 0.05) is 23.7 Å². The predicted molar refractivity (Wildman–Crippen MR) is 99.2 cm³/mol. The van der Waals surface area contributed by atoms with Gasteiger partial charge in [0.2, 0.25) is 5.91 Å². The maximum absolute atomic E-state index is 11.9. The minimum Gasteiger partial charge on any atom is -0.364 e. The molecule has 1 aliphatic rings. The molecular formula is C20H18N4O2. The highest BCUT2D eigenvalue weighted by Gasteiger charge is 2.28. The first-order valence-corrected chi connectivity index (χ1v) is 8.42. The first kappa shape index (κ1) is 16.1. The van der Waals surface area contributed by atoms with Crippen molar-refractivity contribution in [3.8, 4) is 16.9 Å². The smallest absolute Gasteiger partial charge is 0.269 e. The highest BCUT2D eigenvalue weighted by Crippen LogP contribution is 2.38. The monoisotopic (exact) mass is 346 g/mol. The Hall–Kier alpha value is -3.41. The van der Waals surface area contributed by atoms with Gasteiger partial charge in [0.25, 0.3) is 5.91 Å². The van der Waals surface area contributed by atoms with E-state index in [0.717, 1.165) is 34.5 Å². The summed E-state index contributed by atoms with van der Waals surface area (Å²) in [6.45, 7) is 1.48.